The van der Waals surface area contributed by atoms with E-state index in [0.29, 0.717) is 16.7 Å². The summed E-state index contributed by atoms with van der Waals surface area (Å²) in [5.41, 5.74) is 0.387. The number of nitro groups is 1. The van der Waals surface area contributed by atoms with Gasteiger partial charge >= 0.3 is 5.97 Å². The highest BCUT2D eigenvalue weighted by molar-refractivity contribution is 5.97. The van der Waals surface area contributed by atoms with E-state index in [0.717, 1.165) is 0 Å². The van der Waals surface area contributed by atoms with Crippen LogP contribution in [0, 0.1) is 24.0 Å². The molecule has 2 N–H and O–H groups in total. The van der Waals surface area contributed by atoms with Gasteiger partial charge in [0.25, 0.3) is 11.6 Å². The number of hydrogen-bond donors (Lipinski definition) is 2. The van der Waals surface area contributed by atoms with Crippen LogP contribution in [0.2, 0.25) is 0 Å². The van der Waals surface area contributed by atoms with Gasteiger partial charge in [-0.3, -0.25) is 19.7 Å². The van der Waals surface area contributed by atoms with E-state index in [1.165, 1.54) is 6.07 Å². The summed E-state index contributed by atoms with van der Waals surface area (Å²) >= 11 is 0. The van der Waals surface area contributed by atoms with Crippen molar-refractivity contribution in [2.45, 2.75) is 32.6 Å². The highest BCUT2D eigenvalue weighted by Crippen LogP contribution is 2.28. The van der Waals surface area contributed by atoms with E-state index in [1.54, 1.807) is 57.2 Å². The fourth-order valence-electron chi connectivity index (χ4n) is 3.15. The Morgan fingerprint density at radius 1 is 1.15 bits per heavy atom. The topological polar surface area (TPSA) is 110 Å². The molecule has 7 heteroatoms. The first-order valence-corrected chi connectivity index (χ1v) is 8.55. The highest BCUT2D eigenvalue weighted by Gasteiger charge is 2.39. The molecule has 2 aromatic rings. The Labute approximate surface area is 157 Å². The second-order valence-electron chi connectivity index (χ2n) is 6.50. The van der Waals surface area contributed by atoms with E-state index in [-0.39, 0.29) is 24.2 Å². The average Bonchev–Trinajstić information content (AvgIpc) is 2.62. The second kappa shape index (κ2) is 7.99. The number of hydrogen-bond acceptors (Lipinski definition) is 4. The number of aliphatic carboxylic acids is 1. The zero-order valence-corrected chi connectivity index (χ0v) is 15.5. The predicted octanol–water partition coefficient (Wildman–Crippen LogP) is 3.37. The van der Waals surface area contributed by atoms with Crippen LogP contribution >= 0.6 is 0 Å². The summed E-state index contributed by atoms with van der Waals surface area (Å²) in [6, 6.07) is 11.5. The zero-order valence-electron chi connectivity index (χ0n) is 15.5. The first-order chi connectivity index (χ1) is 12.7. The van der Waals surface area contributed by atoms with E-state index >= 15 is 0 Å². The fraction of sp³-hybridized carbons (Fsp3) is 0.300. The van der Waals surface area contributed by atoms with Crippen LogP contribution in [0.25, 0.3) is 0 Å². The molecule has 0 aromatic heterocycles. The molecule has 0 aliphatic rings. The molecule has 0 radical (unpaired) electrons. The van der Waals surface area contributed by atoms with Gasteiger partial charge in [-0.25, -0.2) is 0 Å². The lowest BCUT2D eigenvalue weighted by atomic mass is 9.78. The molecule has 0 saturated carbocycles. The van der Waals surface area contributed by atoms with Gasteiger partial charge in [0, 0.05) is 23.7 Å². The van der Waals surface area contributed by atoms with Gasteiger partial charge in [0.1, 0.15) is 5.41 Å². The normalized spacial score (nSPS) is 12.9. The number of rotatable bonds is 7. The molecule has 2 aromatic carbocycles. The summed E-state index contributed by atoms with van der Waals surface area (Å²) in [4.78, 5) is 35.3. The van der Waals surface area contributed by atoms with Crippen molar-refractivity contribution >= 4 is 17.6 Å². The minimum Gasteiger partial charge on any atom is -0.481 e. The van der Waals surface area contributed by atoms with Gasteiger partial charge in [-0.1, -0.05) is 37.3 Å². The Hall–Kier alpha value is -3.22. The number of nitrogens with one attached hydrogen (secondary N) is 1. The largest absolute Gasteiger partial charge is 0.481 e. The van der Waals surface area contributed by atoms with Crippen molar-refractivity contribution in [1.82, 2.24) is 5.32 Å². The van der Waals surface area contributed by atoms with E-state index in [2.05, 4.69) is 5.32 Å². The molecule has 0 aliphatic heterocycles. The maximum atomic E-state index is 12.6. The molecule has 142 valence electrons. The van der Waals surface area contributed by atoms with Crippen molar-refractivity contribution in [3.05, 3.63) is 74.8 Å². The number of carboxylic acids is 1. The van der Waals surface area contributed by atoms with Crippen LogP contribution in [-0.2, 0) is 10.2 Å². The first-order valence-electron chi connectivity index (χ1n) is 8.55. The van der Waals surface area contributed by atoms with Crippen LogP contribution in [0.3, 0.4) is 0 Å². The predicted molar refractivity (Wildman–Crippen MR) is 101 cm³/mol. The minimum atomic E-state index is -1.28. The van der Waals surface area contributed by atoms with Crippen molar-refractivity contribution in [2.75, 3.05) is 6.54 Å². The quantitative estimate of drug-likeness (QED) is 0.573. The first kappa shape index (κ1) is 20.1. The van der Waals surface area contributed by atoms with Crippen LogP contribution in [0.1, 0.15) is 40.4 Å². The molecule has 0 aliphatic carbocycles. The standard InChI is InChI=1S/C20H22N2O5/c1-4-20(19(24)25,15-8-6-5-7-9-15)12-21-18(23)16-11-17(22(26)27)14(3)10-13(16)2/h5-11H,4,12H2,1-3H3,(H,21,23)(H,24,25). The summed E-state index contributed by atoms with van der Waals surface area (Å²) < 4.78 is 0. The summed E-state index contributed by atoms with van der Waals surface area (Å²) in [6.45, 7) is 4.92. The summed E-state index contributed by atoms with van der Waals surface area (Å²) in [5, 5.41) is 23.6. The van der Waals surface area contributed by atoms with Crippen LogP contribution < -0.4 is 5.32 Å². The third-order valence-corrected chi connectivity index (χ3v) is 4.87. The van der Waals surface area contributed by atoms with Gasteiger partial charge in [-0.05, 0) is 37.5 Å². The summed E-state index contributed by atoms with van der Waals surface area (Å²) in [7, 11) is 0. The lowest BCUT2D eigenvalue weighted by molar-refractivity contribution is -0.385. The Morgan fingerprint density at radius 2 is 1.78 bits per heavy atom. The van der Waals surface area contributed by atoms with E-state index in [4.69, 9.17) is 0 Å². The number of carbonyl (C=O) groups is 2. The van der Waals surface area contributed by atoms with Gasteiger partial charge in [-0.15, -0.1) is 0 Å². The Morgan fingerprint density at radius 3 is 2.30 bits per heavy atom. The van der Waals surface area contributed by atoms with Gasteiger partial charge in [0.05, 0.1) is 4.92 Å². The van der Waals surface area contributed by atoms with Crippen molar-refractivity contribution in [3.63, 3.8) is 0 Å². The van der Waals surface area contributed by atoms with E-state index < -0.39 is 22.2 Å². The second-order valence-corrected chi connectivity index (χ2v) is 6.50. The lowest BCUT2D eigenvalue weighted by Gasteiger charge is -2.29. The number of benzene rings is 2. The van der Waals surface area contributed by atoms with Crippen LogP contribution in [0.4, 0.5) is 5.69 Å². The Bertz CT molecular complexity index is 879. The van der Waals surface area contributed by atoms with Crippen molar-refractivity contribution in [2.24, 2.45) is 0 Å². The fourth-order valence-corrected chi connectivity index (χ4v) is 3.15. The Kier molecular flexibility index (Phi) is 5.95. The average molecular weight is 370 g/mol. The Balaban J connectivity index is 2.33. The molecule has 1 amide bonds. The number of nitro benzene ring substituents is 1. The molecule has 0 saturated heterocycles. The van der Waals surface area contributed by atoms with Gasteiger partial charge in [0.15, 0.2) is 0 Å². The SMILES string of the molecule is CCC(CNC(=O)c1cc([N+](=O)[O-])c(C)cc1C)(C(=O)O)c1ccccc1. The number of amides is 1. The van der Waals surface area contributed by atoms with Crippen molar-refractivity contribution < 1.29 is 19.6 Å². The molecule has 1 unspecified atom stereocenters. The van der Waals surface area contributed by atoms with Crippen LogP contribution in [-0.4, -0.2) is 28.5 Å². The summed E-state index contributed by atoms with van der Waals surface area (Å²) in [6.07, 6.45) is 0.277. The number of nitrogens with zero attached hydrogens (tertiary/aromatic N) is 1. The van der Waals surface area contributed by atoms with Gasteiger partial charge in [0.2, 0.25) is 0 Å². The van der Waals surface area contributed by atoms with Crippen LogP contribution in [0.15, 0.2) is 42.5 Å². The summed E-state index contributed by atoms with van der Waals surface area (Å²) in [5.74, 6) is -1.58. The highest BCUT2D eigenvalue weighted by atomic mass is 16.6. The third kappa shape index (κ3) is 3.97. The van der Waals surface area contributed by atoms with Crippen LogP contribution in [0.5, 0.6) is 0 Å². The number of aryl methyl sites for hydroxylation is 2. The molecular weight excluding hydrogens is 348 g/mol. The minimum absolute atomic E-state index is 0.122. The smallest absolute Gasteiger partial charge is 0.315 e. The number of carboxylic acid groups (broad SMARTS) is 1. The molecule has 27 heavy (non-hydrogen) atoms. The molecule has 0 spiro atoms. The van der Waals surface area contributed by atoms with E-state index in [9.17, 15) is 24.8 Å². The molecule has 0 heterocycles. The maximum absolute atomic E-state index is 12.6. The zero-order chi connectivity index (χ0) is 20.2. The van der Waals surface area contributed by atoms with Gasteiger partial charge in [-0.2, -0.15) is 0 Å². The number of carbonyl (C=O) groups excluding carboxylic acids is 1. The molecule has 0 fully saturated rings. The molecule has 1 atom stereocenters. The third-order valence-electron chi connectivity index (χ3n) is 4.87. The molecular formula is C20H22N2O5. The molecule has 2 rings (SSSR count). The molecule has 7 nitrogen and oxygen atoms in total. The van der Waals surface area contributed by atoms with E-state index in [1.807, 2.05) is 0 Å². The van der Waals surface area contributed by atoms with Crippen molar-refractivity contribution in [3.8, 4) is 0 Å². The van der Waals surface area contributed by atoms with Gasteiger partial charge < -0.3 is 10.4 Å². The monoisotopic (exact) mass is 370 g/mol. The maximum Gasteiger partial charge on any atom is 0.315 e. The lowest BCUT2D eigenvalue weighted by Crippen LogP contribution is -2.46. The molecule has 0 bridgehead atoms. The van der Waals surface area contributed by atoms with Crippen molar-refractivity contribution in [1.29, 1.82) is 0 Å².